The molecular formula is C20H31N3O2. The van der Waals surface area contributed by atoms with Crippen LogP contribution in [0.25, 0.3) is 0 Å². The monoisotopic (exact) mass is 345 g/mol. The summed E-state index contributed by atoms with van der Waals surface area (Å²) in [5, 5.41) is 3.08. The largest absolute Gasteiger partial charge is 0.352 e. The molecule has 0 bridgehead atoms. The van der Waals surface area contributed by atoms with Crippen molar-refractivity contribution in [2.24, 2.45) is 0 Å². The highest BCUT2D eigenvalue weighted by atomic mass is 16.2. The molecule has 1 heterocycles. The number of nitrogens with zero attached hydrogens (tertiary/aromatic N) is 2. The van der Waals surface area contributed by atoms with Crippen molar-refractivity contribution < 1.29 is 9.59 Å². The van der Waals surface area contributed by atoms with Crippen molar-refractivity contribution in [1.29, 1.82) is 0 Å². The van der Waals surface area contributed by atoms with Gasteiger partial charge < -0.3 is 15.1 Å². The molecule has 138 valence electrons. The maximum Gasteiger partial charge on any atom is 0.242 e. The number of aryl methyl sites for hydroxylation is 1. The van der Waals surface area contributed by atoms with E-state index in [1.807, 2.05) is 21.0 Å². The van der Waals surface area contributed by atoms with Gasteiger partial charge >= 0.3 is 0 Å². The summed E-state index contributed by atoms with van der Waals surface area (Å²) in [5.74, 6) is 0.0444. The molecule has 1 aromatic rings. The van der Waals surface area contributed by atoms with Gasteiger partial charge in [-0.15, -0.1) is 0 Å². The van der Waals surface area contributed by atoms with Crippen LogP contribution in [0, 0.1) is 6.92 Å². The van der Waals surface area contributed by atoms with Gasteiger partial charge in [-0.25, -0.2) is 0 Å². The zero-order valence-corrected chi connectivity index (χ0v) is 15.9. The SMILES string of the molecule is CCC(=O)N1CCCC[C@H]1C(=O)NC[C@@H](c1ccc(C)cc1)N(C)C. The first-order chi connectivity index (χ1) is 11.9. The molecule has 25 heavy (non-hydrogen) atoms. The maximum absolute atomic E-state index is 12.7. The van der Waals surface area contributed by atoms with E-state index in [1.165, 1.54) is 11.1 Å². The number of amides is 2. The predicted octanol–water partition coefficient (Wildman–Crippen LogP) is 2.51. The van der Waals surface area contributed by atoms with Gasteiger partial charge in [-0.05, 0) is 45.8 Å². The number of nitrogens with one attached hydrogen (secondary N) is 1. The fourth-order valence-electron chi connectivity index (χ4n) is 3.41. The molecule has 0 aliphatic carbocycles. The van der Waals surface area contributed by atoms with Crippen molar-refractivity contribution in [3.63, 3.8) is 0 Å². The van der Waals surface area contributed by atoms with Crippen molar-refractivity contribution in [3.05, 3.63) is 35.4 Å². The molecular weight excluding hydrogens is 314 g/mol. The van der Waals surface area contributed by atoms with Gasteiger partial charge in [-0.3, -0.25) is 9.59 Å². The molecule has 5 heteroatoms. The molecule has 1 aromatic carbocycles. The smallest absolute Gasteiger partial charge is 0.242 e. The minimum atomic E-state index is -0.318. The van der Waals surface area contributed by atoms with Gasteiger partial charge in [-0.1, -0.05) is 36.8 Å². The summed E-state index contributed by atoms with van der Waals surface area (Å²) < 4.78 is 0. The summed E-state index contributed by atoms with van der Waals surface area (Å²) in [6, 6.07) is 8.21. The number of carbonyl (C=O) groups is 2. The second-order valence-electron chi connectivity index (χ2n) is 7.09. The fourth-order valence-corrected chi connectivity index (χ4v) is 3.41. The van der Waals surface area contributed by atoms with Gasteiger partial charge in [-0.2, -0.15) is 0 Å². The van der Waals surface area contributed by atoms with Crippen LogP contribution in [0.5, 0.6) is 0 Å². The zero-order valence-electron chi connectivity index (χ0n) is 15.9. The second-order valence-corrected chi connectivity index (χ2v) is 7.09. The van der Waals surface area contributed by atoms with E-state index in [-0.39, 0.29) is 23.9 Å². The predicted molar refractivity (Wildman–Crippen MR) is 100 cm³/mol. The summed E-state index contributed by atoms with van der Waals surface area (Å²) in [7, 11) is 4.04. The van der Waals surface area contributed by atoms with Crippen LogP contribution in [0.3, 0.4) is 0 Å². The van der Waals surface area contributed by atoms with Crippen LogP contribution in [-0.4, -0.2) is 54.8 Å². The van der Waals surface area contributed by atoms with Crippen molar-refractivity contribution >= 4 is 11.8 Å². The minimum absolute atomic E-state index is 0.0274. The molecule has 0 aromatic heterocycles. The van der Waals surface area contributed by atoms with Gasteiger partial charge in [0.05, 0.1) is 6.04 Å². The van der Waals surface area contributed by atoms with Gasteiger partial charge in [0.25, 0.3) is 0 Å². The third kappa shape index (κ3) is 5.05. The van der Waals surface area contributed by atoms with E-state index in [1.54, 1.807) is 4.90 Å². The standard InChI is InChI=1S/C20H31N3O2/c1-5-19(24)23-13-7-6-8-17(23)20(25)21-14-18(22(3)4)16-11-9-15(2)10-12-16/h9-12,17-18H,5-8,13-14H2,1-4H3,(H,21,25)/t17-,18-/m0/s1. The Hall–Kier alpha value is -1.88. The van der Waals surface area contributed by atoms with Crippen LogP contribution >= 0.6 is 0 Å². The molecule has 2 amide bonds. The molecule has 0 spiro atoms. The lowest BCUT2D eigenvalue weighted by molar-refractivity contribution is -0.142. The first-order valence-electron chi connectivity index (χ1n) is 9.24. The van der Waals surface area contributed by atoms with Gasteiger partial charge in [0.1, 0.15) is 6.04 Å². The van der Waals surface area contributed by atoms with Crippen LogP contribution in [0.1, 0.15) is 49.8 Å². The number of carbonyl (C=O) groups excluding carboxylic acids is 2. The third-order valence-corrected chi connectivity index (χ3v) is 4.98. The lowest BCUT2D eigenvalue weighted by Crippen LogP contribution is -2.52. The maximum atomic E-state index is 12.7. The van der Waals surface area contributed by atoms with Gasteiger partial charge in [0, 0.05) is 19.5 Å². The Morgan fingerprint density at radius 2 is 1.92 bits per heavy atom. The summed E-state index contributed by atoms with van der Waals surface area (Å²) in [4.78, 5) is 28.7. The first kappa shape index (κ1) is 19.4. The Morgan fingerprint density at radius 3 is 2.52 bits per heavy atom. The third-order valence-electron chi connectivity index (χ3n) is 4.98. The molecule has 1 aliphatic heterocycles. The molecule has 0 saturated carbocycles. The van der Waals surface area contributed by atoms with Gasteiger partial charge in [0.2, 0.25) is 11.8 Å². The Bertz CT molecular complexity index is 583. The fraction of sp³-hybridized carbons (Fsp3) is 0.600. The van der Waals surface area contributed by atoms with Gasteiger partial charge in [0.15, 0.2) is 0 Å². The highest BCUT2D eigenvalue weighted by Gasteiger charge is 2.31. The lowest BCUT2D eigenvalue weighted by Gasteiger charge is -2.35. The minimum Gasteiger partial charge on any atom is -0.352 e. The van der Waals surface area contributed by atoms with Crippen LogP contribution in [0.15, 0.2) is 24.3 Å². The summed E-state index contributed by atoms with van der Waals surface area (Å²) in [5.41, 5.74) is 2.40. The Kier molecular flexibility index (Phi) is 7.00. The van der Waals surface area contributed by atoms with E-state index in [0.717, 1.165) is 19.3 Å². The molecule has 2 rings (SSSR count). The van der Waals surface area contributed by atoms with E-state index < -0.39 is 0 Å². The first-order valence-corrected chi connectivity index (χ1v) is 9.24. The average molecular weight is 345 g/mol. The normalized spacial score (nSPS) is 18.9. The number of likely N-dealkylation sites (tertiary alicyclic amines) is 1. The van der Waals surface area contributed by atoms with E-state index >= 15 is 0 Å². The number of rotatable bonds is 6. The van der Waals surface area contributed by atoms with Crippen molar-refractivity contribution in [3.8, 4) is 0 Å². The summed E-state index contributed by atoms with van der Waals surface area (Å²) in [6.45, 7) is 5.16. The number of piperidine rings is 1. The number of likely N-dealkylation sites (N-methyl/N-ethyl adjacent to an activating group) is 1. The number of hydrogen-bond acceptors (Lipinski definition) is 3. The summed E-state index contributed by atoms with van der Waals surface area (Å²) >= 11 is 0. The van der Waals surface area contributed by atoms with Crippen molar-refractivity contribution in [2.45, 2.75) is 51.6 Å². The molecule has 2 atom stereocenters. The molecule has 0 radical (unpaired) electrons. The zero-order chi connectivity index (χ0) is 18.4. The molecule has 1 fully saturated rings. The van der Waals surface area contributed by atoms with Crippen molar-refractivity contribution in [2.75, 3.05) is 27.2 Å². The topological polar surface area (TPSA) is 52.7 Å². The Balaban J connectivity index is 2.02. The van der Waals surface area contributed by atoms with Crippen molar-refractivity contribution in [1.82, 2.24) is 15.1 Å². The highest BCUT2D eigenvalue weighted by molar-refractivity contribution is 5.87. The highest BCUT2D eigenvalue weighted by Crippen LogP contribution is 2.20. The van der Waals surface area contributed by atoms with E-state index in [4.69, 9.17) is 0 Å². The molecule has 1 aliphatic rings. The molecule has 0 unspecified atom stereocenters. The number of benzene rings is 1. The molecule has 5 nitrogen and oxygen atoms in total. The molecule has 1 saturated heterocycles. The second kappa shape index (κ2) is 8.99. The Morgan fingerprint density at radius 1 is 1.24 bits per heavy atom. The lowest BCUT2D eigenvalue weighted by atomic mass is 10.00. The molecule has 1 N–H and O–H groups in total. The van der Waals surface area contributed by atoms with Crippen LogP contribution in [-0.2, 0) is 9.59 Å². The Labute approximate surface area is 151 Å². The van der Waals surface area contributed by atoms with Crippen LogP contribution in [0.4, 0.5) is 0 Å². The van der Waals surface area contributed by atoms with Crippen LogP contribution < -0.4 is 5.32 Å². The van der Waals surface area contributed by atoms with E-state index in [2.05, 4.69) is 41.4 Å². The van der Waals surface area contributed by atoms with E-state index in [9.17, 15) is 9.59 Å². The average Bonchev–Trinajstić information content (AvgIpc) is 2.62. The number of hydrogen-bond donors (Lipinski definition) is 1. The van der Waals surface area contributed by atoms with Crippen LogP contribution in [0.2, 0.25) is 0 Å². The summed E-state index contributed by atoms with van der Waals surface area (Å²) in [6.07, 6.45) is 3.20. The quantitative estimate of drug-likeness (QED) is 0.862. The van der Waals surface area contributed by atoms with E-state index in [0.29, 0.717) is 19.5 Å².